The highest BCUT2D eigenvalue weighted by Crippen LogP contribution is 2.16. The lowest BCUT2D eigenvalue weighted by atomic mass is 10.0. The Morgan fingerprint density at radius 2 is 0.702 bits per heavy atom. The Bertz CT molecular complexity index is 858. The highest BCUT2D eigenvalue weighted by molar-refractivity contribution is 5.99. The summed E-state index contributed by atoms with van der Waals surface area (Å²) in [6, 6.07) is 0. The molecule has 1 saturated heterocycles. The van der Waals surface area contributed by atoms with Crippen molar-refractivity contribution >= 4 is 17.9 Å². The summed E-state index contributed by atoms with van der Waals surface area (Å²) in [5.41, 5.74) is 0. The molecule has 0 amide bonds. The van der Waals surface area contributed by atoms with Gasteiger partial charge in [0.25, 0.3) is 6.10 Å². The first-order valence-corrected chi connectivity index (χ1v) is 25.0. The quantitative estimate of drug-likeness (QED) is 0.0261. The van der Waals surface area contributed by atoms with Crippen LogP contribution in [0.4, 0.5) is 0 Å². The second kappa shape index (κ2) is 41.1. The van der Waals surface area contributed by atoms with Crippen LogP contribution in [0.2, 0.25) is 0 Å². The standard InChI is InChI=1S/C49H94N2O6/c1-4-7-9-11-13-15-17-19-21-23-25-27-29-31-33-35-44-55-48(53)47(57-46(52)38-37-39-51-42-40-50(6-3)41-43-51)49(54)56-45-36-34-32-30-28-26-24-22-20-18-16-14-12-10-8-5-2/h47H,4-45H2,1-3H3. The van der Waals surface area contributed by atoms with Gasteiger partial charge in [-0.2, -0.15) is 0 Å². The minimum atomic E-state index is -1.65. The fraction of sp³-hybridized carbons (Fsp3) is 0.939. The molecule has 0 atom stereocenters. The van der Waals surface area contributed by atoms with Crippen LogP contribution < -0.4 is 0 Å². The van der Waals surface area contributed by atoms with Crippen LogP contribution in [0.25, 0.3) is 0 Å². The van der Waals surface area contributed by atoms with Crippen molar-refractivity contribution in [3.8, 4) is 0 Å². The van der Waals surface area contributed by atoms with E-state index in [2.05, 4.69) is 30.6 Å². The summed E-state index contributed by atoms with van der Waals surface area (Å²) in [6.07, 6.45) is 39.9. The SMILES string of the molecule is CCCCCCCCCCCCCCCCCCOC(=O)C(OC(=O)CCCN1CCN(CC)CC1)C(=O)OCCCCCCCCCCCCCCCCCC. The molecule has 0 unspecified atom stereocenters. The van der Waals surface area contributed by atoms with E-state index in [1.54, 1.807) is 0 Å². The molecule has 0 aromatic heterocycles. The van der Waals surface area contributed by atoms with Gasteiger partial charge in [0, 0.05) is 32.6 Å². The Balaban J connectivity index is 2.25. The number of hydrogen-bond donors (Lipinski definition) is 0. The van der Waals surface area contributed by atoms with Gasteiger partial charge in [-0.3, -0.25) is 4.79 Å². The van der Waals surface area contributed by atoms with Crippen molar-refractivity contribution in [3.63, 3.8) is 0 Å². The fourth-order valence-electron chi connectivity index (χ4n) is 7.96. The molecule has 0 saturated carbocycles. The molecule has 1 heterocycles. The average Bonchev–Trinajstić information content (AvgIpc) is 3.22. The Labute approximate surface area is 353 Å². The van der Waals surface area contributed by atoms with Crippen molar-refractivity contribution in [2.24, 2.45) is 0 Å². The Morgan fingerprint density at radius 3 is 1.02 bits per heavy atom. The minimum absolute atomic E-state index is 0.156. The normalized spacial score (nSPS) is 13.7. The van der Waals surface area contributed by atoms with Crippen molar-refractivity contribution in [1.29, 1.82) is 0 Å². The van der Waals surface area contributed by atoms with Crippen LogP contribution in [0, 0.1) is 0 Å². The first kappa shape index (κ1) is 53.3. The van der Waals surface area contributed by atoms with Crippen LogP contribution >= 0.6 is 0 Å². The third-order valence-electron chi connectivity index (χ3n) is 11.9. The highest BCUT2D eigenvalue weighted by atomic mass is 16.6. The van der Waals surface area contributed by atoms with Crippen LogP contribution in [-0.2, 0) is 28.6 Å². The van der Waals surface area contributed by atoms with Gasteiger partial charge in [0.2, 0.25) is 0 Å². The van der Waals surface area contributed by atoms with Gasteiger partial charge < -0.3 is 24.0 Å². The second-order valence-electron chi connectivity index (χ2n) is 17.2. The lowest BCUT2D eigenvalue weighted by Gasteiger charge is -2.33. The molecule has 57 heavy (non-hydrogen) atoms. The fourth-order valence-corrected chi connectivity index (χ4v) is 7.96. The van der Waals surface area contributed by atoms with E-state index in [-0.39, 0.29) is 19.6 Å². The lowest BCUT2D eigenvalue weighted by molar-refractivity contribution is -0.180. The van der Waals surface area contributed by atoms with E-state index in [4.69, 9.17) is 14.2 Å². The number of rotatable bonds is 42. The first-order valence-electron chi connectivity index (χ1n) is 25.0. The van der Waals surface area contributed by atoms with Crippen LogP contribution in [0.5, 0.6) is 0 Å². The van der Waals surface area contributed by atoms with Crippen molar-refractivity contribution in [3.05, 3.63) is 0 Å². The molecule has 1 aliphatic heterocycles. The topological polar surface area (TPSA) is 85.4 Å². The molecule has 0 aromatic carbocycles. The van der Waals surface area contributed by atoms with Crippen LogP contribution in [-0.4, -0.2) is 86.3 Å². The Morgan fingerprint density at radius 1 is 0.404 bits per heavy atom. The molecule has 8 nitrogen and oxygen atoms in total. The van der Waals surface area contributed by atoms with Gasteiger partial charge in [-0.25, -0.2) is 9.59 Å². The number of ether oxygens (including phenoxy) is 3. The molecule has 1 rings (SSSR count). The number of nitrogens with zero attached hydrogens (tertiary/aromatic N) is 2. The van der Waals surface area contributed by atoms with E-state index in [0.717, 1.165) is 77.8 Å². The molecule has 0 spiro atoms. The zero-order valence-electron chi connectivity index (χ0n) is 38.1. The summed E-state index contributed by atoms with van der Waals surface area (Å²) >= 11 is 0. The first-order chi connectivity index (χ1) is 28.0. The average molecular weight is 807 g/mol. The number of likely N-dealkylation sites (N-methyl/N-ethyl adjacent to an activating group) is 1. The molecule has 336 valence electrons. The maximum Gasteiger partial charge on any atom is 0.359 e. The smallest absolute Gasteiger partial charge is 0.359 e. The summed E-state index contributed by atoms with van der Waals surface area (Å²) < 4.78 is 16.4. The summed E-state index contributed by atoms with van der Waals surface area (Å²) in [4.78, 5) is 43.6. The molecule has 0 radical (unpaired) electrons. The van der Waals surface area contributed by atoms with E-state index in [1.807, 2.05) is 0 Å². The third kappa shape index (κ3) is 33.8. The summed E-state index contributed by atoms with van der Waals surface area (Å²) in [6.45, 7) is 13.1. The van der Waals surface area contributed by atoms with Crippen molar-refractivity contribution in [1.82, 2.24) is 9.80 Å². The van der Waals surface area contributed by atoms with Gasteiger partial charge in [-0.05, 0) is 32.4 Å². The minimum Gasteiger partial charge on any atom is -0.462 e. The van der Waals surface area contributed by atoms with E-state index < -0.39 is 24.0 Å². The molecule has 0 bridgehead atoms. The molecule has 0 aromatic rings. The Hall–Kier alpha value is -1.67. The van der Waals surface area contributed by atoms with Crippen molar-refractivity contribution < 1.29 is 28.6 Å². The molecule has 1 aliphatic rings. The van der Waals surface area contributed by atoms with Crippen LogP contribution in [0.3, 0.4) is 0 Å². The zero-order valence-corrected chi connectivity index (χ0v) is 38.1. The highest BCUT2D eigenvalue weighted by Gasteiger charge is 2.34. The van der Waals surface area contributed by atoms with Gasteiger partial charge in [0.1, 0.15) is 0 Å². The number of carbonyl (C=O) groups excluding carboxylic acids is 3. The maximum absolute atomic E-state index is 13.0. The van der Waals surface area contributed by atoms with Gasteiger partial charge in [0.05, 0.1) is 13.2 Å². The lowest BCUT2D eigenvalue weighted by Crippen LogP contribution is -2.46. The largest absolute Gasteiger partial charge is 0.462 e. The number of unbranched alkanes of at least 4 members (excludes halogenated alkanes) is 30. The van der Waals surface area contributed by atoms with Gasteiger partial charge in [0.15, 0.2) is 0 Å². The van der Waals surface area contributed by atoms with Crippen LogP contribution in [0.1, 0.15) is 239 Å². The predicted molar refractivity (Wildman–Crippen MR) is 239 cm³/mol. The van der Waals surface area contributed by atoms with Crippen molar-refractivity contribution in [2.45, 2.75) is 245 Å². The molecule has 1 fully saturated rings. The molecular weight excluding hydrogens is 713 g/mol. The Kier molecular flexibility index (Phi) is 38.4. The molecule has 8 heteroatoms. The number of piperazine rings is 1. The third-order valence-corrected chi connectivity index (χ3v) is 11.9. The molecular formula is C49H94N2O6. The number of hydrogen-bond acceptors (Lipinski definition) is 8. The van der Waals surface area contributed by atoms with Gasteiger partial charge >= 0.3 is 17.9 Å². The maximum atomic E-state index is 13.0. The van der Waals surface area contributed by atoms with E-state index >= 15 is 0 Å². The summed E-state index contributed by atoms with van der Waals surface area (Å²) in [5, 5.41) is 0. The monoisotopic (exact) mass is 807 g/mol. The zero-order chi connectivity index (χ0) is 41.3. The second-order valence-corrected chi connectivity index (χ2v) is 17.2. The number of carbonyl (C=O) groups is 3. The van der Waals surface area contributed by atoms with Crippen LogP contribution in [0.15, 0.2) is 0 Å². The summed E-state index contributed by atoms with van der Waals surface area (Å²) in [5.74, 6) is -2.17. The predicted octanol–water partition coefficient (Wildman–Crippen LogP) is 12.9. The summed E-state index contributed by atoms with van der Waals surface area (Å²) in [7, 11) is 0. The van der Waals surface area contributed by atoms with Crippen molar-refractivity contribution in [2.75, 3.05) is 52.5 Å². The van der Waals surface area contributed by atoms with E-state index in [1.165, 1.54) is 167 Å². The molecule has 0 aliphatic carbocycles. The van der Waals surface area contributed by atoms with Gasteiger partial charge in [-0.1, -0.05) is 213 Å². The number of esters is 3. The van der Waals surface area contributed by atoms with E-state index in [0.29, 0.717) is 6.42 Å². The van der Waals surface area contributed by atoms with E-state index in [9.17, 15) is 14.4 Å². The van der Waals surface area contributed by atoms with Gasteiger partial charge in [-0.15, -0.1) is 0 Å². The molecule has 0 N–H and O–H groups in total.